The van der Waals surface area contributed by atoms with Crippen LogP contribution in [0.1, 0.15) is 12.0 Å². The van der Waals surface area contributed by atoms with E-state index in [4.69, 9.17) is 14.2 Å². The van der Waals surface area contributed by atoms with Crippen LogP contribution < -0.4 is 9.47 Å². The summed E-state index contributed by atoms with van der Waals surface area (Å²) >= 11 is 0. The van der Waals surface area contributed by atoms with Gasteiger partial charge in [-0.3, -0.25) is 4.90 Å². The van der Waals surface area contributed by atoms with Crippen LogP contribution in [0.5, 0.6) is 11.5 Å². The second-order valence-corrected chi connectivity index (χ2v) is 6.21. The first-order valence-electron chi connectivity index (χ1n) is 8.91. The summed E-state index contributed by atoms with van der Waals surface area (Å²) in [6.07, 6.45) is 0.356. The molecule has 26 heavy (non-hydrogen) atoms. The maximum absolute atomic E-state index is 10.4. The van der Waals surface area contributed by atoms with E-state index in [1.807, 2.05) is 42.5 Å². The minimum atomic E-state index is -0.559. The van der Waals surface area contributed by atoms with E-state index >= 15 is 0 Å². The van der Waals surface area contributed by atoms with Crippen LogP contribution in [0.15, 0.2) is 54.6 Å². The Morgan fingerprint density at radius 1 is 0.962 bits per heavy atom. The van der Waals surface area contributed by atoms with Gasteiger partial charge in [0.2, 0.25) is 0 Å². The van der Waals surface area contributed by atoms with Gasteiger partial charge in [0.15, 0.2) is 0 Å². The molecule has 2 aromatic rings. The molecule has 0 bridgehead atoms. The Labute approximate surface area is 156 Å². The molecule has 142 valence electrons. The summed E-state index contributed by atoms with van der Waals surface area (Å²) in [5, 5.41) is 10.4. The average Bonchev–Trinajstić information content (AvgIpc) is 2.68. The molecule has 1 N–H and O–H groups in total. The van der Waals surface area contributed by atoms with Crippen LogP contribution in [0.25, 0.3) is 0 Å². The van der Waals surface area contributed by atoms with Gasteiger partial charge in [0, 0.05) is 33.4 Å². The van der Waals surface area contributed by atoms with Gasteiger partial charge in [0.25, 0.3) is 0 Å². The largest absolute Gasteiger partial charge is 0.497 e. The van der Waals surface area contributed by atoms with E-state index in [1.165, 1.54) is 5.56 Å². The normalized spacial score (nSPS) is 12.2. The van der Waals surface area contributed by atoms with Gasteiger partial charge < -0.3 is 19.3 Å². The van der Waals surface area contributed by atoms with Crippen LogP contribution in [0, 0.1) is 0 Å². The molecule has 0 saturated carbocycles. The molecular weight excluding hydrogens is 330 g/mol. The van der Waals surface area contributed by atoms with E-state index in [0.29, 0.717) is 13.2 Å². The second kappa shape index (κ2) is 11.5. The quantitative estimate of drug-likeness (QED) is 0.591. The van der Waals surface area contributed by atoms with Gasteiger partial charge in [-0.2, -0.15) is 0 Å². The number of nitrogens with zero attached hydrogens (tertiary/aromatic N) is 1. The maximum atomic E-state index is 10.4. The summed E-state index contributed by atoms with van der Waals surface area (Å²) < 4.78 is 16.0. The zero-order valence-electron chi connectivity index (χ0n) is 15.6. The Bertz CT molecular complexity index is 603. The Morgan fingerprint density at radius 3 is 2.35 bits per heavy atom. The molecular formula is C21H29NO4. The summed E-state index contributed by atoms with van der Waals surface area (Å²) in [7, 11) is 3.37. The van der Waals surface area contributed by atoms with Gasteiger partial charge in [-0.1, -0.05) is 30.3 Å². The van der Waals surface area contributed by atoms with Crippen LogP contribution >= 0.6 is 0 Å². The van der Waals surface area contributed by atoms with Crippen LogP contribution in [0.4, 0.5) is 0 Å². The molecule has 2 aromatic carbocycles. The van der Waals surface area contributed by atoms with Crippen molar-refractivity contribution < 1.29 is 19.3 Å². The topological polar surface area (TPSA) is 51.2 Å². The van der Waals surface area contributed by atoms with E-state index in [-0.39, 0.29) is 6.61 Å². The Kier molecular flexibility index (Phi) is 8.96. The van der Waals surface area contributed by atoms with E-state index in [2.05, 4.69) is 17.0 Å². The first-order chi connectivity index (χ1) is 12.7. The molecule has 0 saturated heterocycles. The first kappa shape index (κ1) is 20.2. The number of aliphatic hydroxyl groups excluding tert-OH is 1. The van der Waals surface area contributed by atoms with Crippen molar-refractivity contribution in [2.24, 2.45) is 0 Å². The van der Waals surface area contributed by atoms with Gasteiger partial charge in [0.05, 0.1) is 7.11 Å². The Hall–Kier alpha value is -2.08. The van der Waals surface area contributed by atoms with Crippen LogP contribution in [-0.2, 0) is 11.3 Å². The van der Waals surface area contributed by atoms with Gasteiger partial charge >= 0.3 is 0 Å². The third-order valence-corrected chi connectivity index (χ3v) is 4.04. The second-order valence-electron chi connectivity index (χ2n) is 6.21. The fraction of sp³-hybridized carbons (Fsp3) is 0.429. The molecule has 0 heterocycles. The van der Waals surface area contributed by atoms with E-state index < -0.39 is 6.10 Å². The highest BCUT2D eigenvalue weighted by atomic mass is 16.5. The molecule has 0 aliphatic heterocycles. The smallest absolute Gasteiger partial charge is 0.119 e. The van der Waals surface area contributed by atoms with Crippen LogP contribution in [0.2, 0.25) is 0 Å². The molecule has 1 atom stereocenters. The number of hydrogen-bond donors (Lipinski definition) is 1. The summed E-state index contributed by atoms with van der Waals surface area (Å²) in [6.45, 7) is 3.13. The van der Waals surface area contributed by atoms with Crippen LogP contribution in [-0.4, -0.2) is 56.6 Å². The lowest BCUT2D eigenvalue weighted by atomic mass is 10.2. The molecule has 0 amide bonds. The first-order valence-corrected chi connectivity index (χ1v) is 8.91. The van der Waals surface area contributed by atoms with Gasteiger partial charge in [-0.15, -0.1) is 0 Å². The third kappa shape index (κ3) is 7.44. The average molecular weight is 359 g/mol. The fourth-order valence-electron chi connectivity index (χ4n) is 2.72. The number of ether oxygens (including phenoxy) is 3. The number of hydrogen-bond acceptors (Lipinski definition) is 5. The molecule has 0 fully saturated rings. The molecule has 5 heteroatoms. The zero-order chi connectivity index (χ0) is 18.6. The number of aliphatic hydroxyl groups is 1. The highest BCUT2D eigenvalue weighted by Crippen LogP contribution is 2.14. The minimum absolute atomic E-state index is 0.271. The molecule has 0 aromatic heterocycles. The minimum Gasteiger partial charge on any atom is -0.497 e. The van der Waals surface area contributed by atoms with Crippen LogP contribution in [0.3, 0.4) is 0 Å². The van der Waals surface area contributed by atoms with Crippen molar-refractivity contribution in [3.05, 3.63) is 60.2 Å². The summed E-state index contributed by atoms with van der Waals surface area (Å²) in [6, 6.07) is 17.6. The van der Waals surface area contributed by atoms with E-state index in [0.717, 1.165) is 31.0 Å². The molecule has 0 aliphatic carbocycles. The monoisotopic (exact) mass is 359 g/mol. The van der Waals surface area contributed by atoms with Crippen molar-refractivity contribution in [1.82, 2.24) is 4.90 Å². The van der Waals surface area contributed by atoms with Gasteiger partial charge in [-0.25, -0.2) is 0 Å². The molecule has 2 rings (SSSR count). The number of benzene rings is 2. The summed E-state index contributed by atoms with van der Waals surface area (Å²) in [4.78, 5) is 2.22. The maximum Gasteiger partial charge on any atom is 0.119 e. The fourth-order valence-corrected chi connectivity index (χ4v) is 2.72. The molecule has 0 radical (unpaired) electrons. The Morgan fingerprint density at radius 2 is 1.69 bits per heavy atom. The molecule has 1 unspecified atom stereocenters. The highest BCUT2D eigenvalue weighted by Gasteiger charge is 2.13. The summed E-state index contributed by atoms with van der Waals surface area (Å²) in [5.74, 6) is 1.61. The van der Waals surface area contributed by atoms with Crippen molar-refractivity contribution in [3.63, 3.8) is 0 Å². The standard InChI is InChI=1S/C21H29NO4/c1-24-14-6-13-22(15-18-9-11-20(25-2)12-10-18)16-19(23)17-26-21-7-4-3-5-8-21/h3-5,7-12,19,23H,6,13-17H2,1-2H3. The summed E-state index contributed by atoms with van der Waals surface area (Å²) in [5.41, 5.74) is 1.18. The van der Waals surface area contributed by atoms with E-state index in [9.17, 15) is 5.11 Å². The highest BCUT2D eigenvalue weighted by molar-refractivity contribution is 5.27. The van der Waals surface area contributed by atoms with Crippen molar-refractivity contribution >= 4 is 0 Å². The lowest BCUT2D eigenvalue weighted by Crippen LogP contribution is -2.36. The predicted octanol–water partition coefficient (Wildman–Crippen LogP) is 2.97. The Balaban J connectivity index is 1.87. The molecule has 0 spiro atoms. The SMILES string of the molecule is COCCCN(Cc1ccc(OC)cc1)CC(O)COc1ccccc1. The number of rotatable bonds is 12. The third-order valence-electron chi connectivity index (χ3n) is 4.04. The number of methoxy groups -OCH3 is 2. The van der Waals surface area contributed by atoms with Crippen molar-refractivity contribution in [1.29, 1.82) is 0 Å². The van der Waals surface area contributed by atoms with Crippen molar-refractivity contribution in [2.75, 3.05) is 40.5 Å². The molecule has 5 nitrogen and oxygen atoms in total. The molecule has 0 aliphatic rings. The van der Waals surface area contributed by atoms with Gasteiger partial charge in [0.1, 0.15) is 24.2 Å². The van der Waals surface area contributed by atoms with Crippen molar-refractivity contribution in [3.8, 4) is 11.5 Å². The predicted molar refractivity (Wildman–Crippen MR) is 103 cm³/mol. The zero-order valence-corrected chi connectivity index (χ0v) is 15.6. The van der Waals surface area contributed by atoms with Crippen molar-refractivity contribution in [2.45, 2.75) is 19.1 Å². The van der Waals surface area contributed by atoms with Gasteiger partial charge in [-0.05, 0) is 36.2 Å². The lowest BCUT2D eigenvalue weighted by molar-refractivity contribution is 0.0617. The van der Waals surface area contributed by atoms with E-state index in [1.54, 1.807) is 14.2 Å². The lowest BCUT2D eigenvalue weighted by Gasteiger charge is -2.25. The number of para-hydroxylation sites is 1.